The second-order valence-electron chi connectivity index (χ2n) is 4.74. The van der Waals surface area contributed by atoms with Crippen molar-refractivity contribution in [3.05, 3.63) is 71.5 Å². The Morgan fingerprint density at radius 3 is 2.65 bits per heavy atom. The number of hydrogen-bond donors (Lipinski definition) is 0. The molecule has 0 bridgehead atoms. The fourth-order valence-corrected chi connectivity index (χ4v) is 3.22. The van der Waals surface area contributed by atoms with Crippen molar-refractivity contribution < 1.29 is 9.37 Å². The van der Waals surface area contributed by atoms with Gasteiger partial charge in [-0.15, -0.1) is 0 Å². The summed E-state index contributed by atoms with van der Waals surface area (Å²) in [5.74, 6) is 0.485. The maximum absolute atomic E-state index is 13.6. The van der Waals surface area contributed by atoms with Crippen LogP contribution in [0.3, 0.4) is 0 Å². The standard InChI is InChI=1S/C17H14FNS/c1-12-10-17(19-16-9-5-3-7-14(12)16)20-11-13-6-2-4-8-15(13)18/h2-10H,11H2,1H3/p+1. The van der Waals surface area contributed by atoms with Crippen LogP contribution in [0.15, 0.2) is 59.6 Å². The first-order valence-corrected chi connectivity index (χ1v) is 7.50. The highest BCUT2D eigenvalue weighted by molar-refractivity contribution is 7.98. The molecule has 1 nitrogen and oxygen atoms in total. The van der Waals surface area contributed by atoms with E-state index in [-0.39, 0.29) is 5.82 Å². The molecule has 0 atom stereocenters. The Balaban J connectivity index is 1.86. The monoisotopic (exact) mass is 284 g/mol. The average molecular weight is 284 g/mol. The number of nitrogens with one attached hydrogen (secondary N) is 1. The molecule has 0 spiro atoms. The molecular formula is C17H15FNS+. The summed E-state index contributed by atoms with van der Waals surface area (Å²) in [6.07, 6.45) is 0. The second kappa shape index (κ2) is 5.63. The van der Waals surface area contributed by atoms with E-state index in [1.54, 1.807) is 17.8 Å². The highest BCUT2D eigenvalue weighted by Crippen LogP contribution is 2.24. The summed E-state index contributed by atoms with van der Waals surface area (Å²) in [6, 6.07) is 17.3. The first kappa shape index (κ1) is 13.1. The number of halogens is 1. The lowest BCUT2D eigenvalue weighted by atomic mass is 10.1. The maximum atomic E-state index is 13.6. The van der Waals surface area contributed by atoms with Crippen molar-refractivity contribution in [2.75, 3.05) is 0 Å². The van der Waals surface area contributed by atoms with E-state index in [1.807, 2.05) is 24.3 Å². The lowest BCUT2D eigenvalue weighted by Gasteiger charge is -2.02. The van der Waals surface area contributed by atoms with Crippen LogP contribution in [0.2, 0.25) is 0 Å². The van der Waals surface area contributed by atoms with Crippen molar-refractivity contribution in [3.63, 3.8) is 0 Å². The van der Waals surface area contributed by atoms with Gasteiger partial charge >= 0.3 is 0 Å². The first-order chi connectivity index (χ1) is 9.74. The topological polar surface area (TPSA) is 14.1 Å². The fourth-order valence-electron chi connectivity index (χ4n) is 2.23. The third-order valence-corrected chi connectivity index (χ3v) is 4.28. The fraction of sp³-hybridized carbons (Fsp3) is 0.118. The summed E-state index contributed by atoms with van der Waals surface area (Å²) in [5.41, 5.74) is 3.08. The third-order valence-electron chi connectivity index (χ3n) is 3.30. The van der Waals surface area contributed by atoms with Crippen molar-refractivity contribution in [1.82, 2.24) is 0 Å². The summed E-state index contributed by atoms with van der Waals surface area (Å²) < 4.78 is 13.6. The molecule has 0 unspecified atom stereocenters. The van der Waals surface area contributed by atoms with Crippen LogP contribution >= 0.6 is 11.8 Å². The average Bonchev–Trinajstić information content (AvgIpc) is 2.46. The van der Waals surface area contributed by atoms with E-state index >= 15 is 0 Å². The Hall–Kier alpha value is -1.87. The van der Waals surface area contributed by atoms with Gasteiger partial charge < -0.3 is 0 Å². The Labute approximate surface area is 121 Å². The van der Waals surface area contributed by atoms with Crippen molar-refractivity contribution >= 4 is 22.7 Å². The van der Waals surface area contributed by atoms with E-state index < -0.39 is 0 Å². The number of rotatable bonds is 3. The van der Waals surface area contributed by atoms with Gasteiger partial charge in [0.25, 0.3) is 0 Å². The molecule has 3 heteroatoms. The Bertz CT molecular complexity index is 755. The number of aromatic nitrogens is 1. The molecule has 1 aromatic heterocycles. The van der Waals surface area contributed by atoms with Crippen LogP contribution in [0.4, 0.5) is 4.39 Å². The van der Waals surface area contributed by atoms with E-state index in [9.17, 15) is 4.39 Å². The quantitative estimate of drug-likeness (QED) is 0.650. The van der Waals surface area contributed by atoms with Crippen LogP contribution < -0.4 is 4.98 Å². The number of thioether (sulfide) groups is 1. The number of aryl methyl sites for hydroxylation is 1. The van der Waals surface area contributed by atoms with Gasteiger partial charge in [-0.3, -0.25) is 0 Å². The van der Waals surface area contributed by atoms with Crippen molar-refractivity contribution in [1.29, 1.82) is 0 Å². The van der Waals surface area contributed by atoms with Gasteiger partial charge in [0.2, 0.25) is 10.5 Å². The molecule has 3 aromatic rings. The normalized spacial score (nSPS) is 10.9. The van der Waals surface area contributed by atoms with Gasteiger partial charge in [-0.25, -0.2) is 4.39 Å². The van der Waals surface area contributed by atoms with Gasteiger partial charge in [0.1, 0.15) is 5.82 Å². The van der Waals surface area contributed by atoms with Gasteiger partial charge in [0.05, 0.1) is 0 Å². The molecule has 0 aliphatic rings. The summed E-state index contributed by atoms with van der Waals surface area (Å²) in [6.45, 7) is 2.10. The molecule has 100 valence electrons. The lowest BCUT2D eigenvalue weighted by Crippen LogP contribution is -2.08. The number of hydrogen-bond acceptors (Lipinski definition) is 1. The molecule has 0 radical (unpaired) electrons. The second-order valence-corrected chi connectivity index (χ2v) is 5.76. The number of aromatic amines is 1. The maximum Gasteiger partial charge on any atom is 0.239 e. The number of pyridine rings is 1. The minimum Gasteiger partial charge on any atom is -0.207 e. The van der Waals surface area contributed by atoms with Crippen LogP contribution in [-0.4, -0.2) is 0 Å². The molecule has 2 aromatic carbocycles. The van der Waals surface area contributed by atoms with Gasteiger partial charge in [-0.1, -0.05) is 42.1 Å². The molecule has 1 N–H and O–H groups in total. The van der Waals surface area contributed by atoms with Crippen molar-refractivity contribution in [2.24, 2.45) is 0 Å². The highest BCUT2D eigenvalue weighted by atomic mass is 32.2. The Morgan fingerprint density at radius 2 is 1.80 bits per heavy atom. The van der Waals surface area contributed by atoms with Gasteiger partial charge in [0, 0.05) is 23.3 Å². The molecule has 1 heterocycles. The van der Waals surface area contributed by atoms with Gasteiger partial charge in [0.15, 0.2) is 0 Å². The van der Waals surface area contributed by atoms with Crippen LogP contribution in [0.25, 0.3) is 10.9 Å². The zero-order chi connectivity index (χ0) is 13.9. The summed E-state index contributed by atoms with van der Waals surface area (Å²) in [4.78, 5) is 3.40. The lowest BCUT2D eigenvalue weighted by molar-refractivity contribution is -0.395. The number of H-pyrrole nitrogens is 1. The number of para-hydroxylation sites is 1. The molecule has 20 heavy (non-hydrogen) atoms. The van der Waals surface area contributed by atoms with Gasteiger partial charge in [-0.2, -0.15) is 4.98 Å². The molecule has 0 aliphatic heterocycles. The largest absolute Gasteiger partial charge is 0.239 e. The zero-order valence-corrected chi connectivity index (χ0v) is 12.0. The Morgan fingerprint density at radius 1 is 1.05 bits per heavy atom. The molecule has 0 fully saturated rings. The van der Waals surface area contributed by atoms with E-state index in [2.05, 4.69) is 30.1 Å². The third kappa shape index (κ3) is 2.68. The Kier molecular flexibility index (Phi) is 3.70. The summed E-state index contributed by atoms with van der Waals surface area (Å²) in [7, 11) is 0. The highest BCUT2D eigenvalue weighted by Gasteiger charge is 2.10. The van der Waals surface area contributed by atoms with Gasteiger partial charge in [-0.05, 0) is 30.2 Å². The predicted molar refractivity (Wildman–Crippen MR) is 81.2 cm³/mol. The van der Waals surface area contributed by atoms with Crippen LogP contribution in [0, 0.1) is 12.7 Å². The minimum absolute atomic E-state index is 0.141. The van der Waals surface area contributed by atoms with E-state index in [1.165, 1.54) is 17.0 Å². The minimum atomic E-state index is -0.141. The van der Waals surface area contributed by atoms with Crippen LogP contribution in [0.1, 0.15) is 11.1 Å². The van der Waals surface area contributed by atoms with Crippen LogP contribution in [-0.2, 0) is 5.75 Å². The molecule has 3 rings (SSSR count). The summed E-state index contributed by atoms with van der Waals surface area (Å²) in [5, 5.41) is 2.28. The predicted octanol–water partition coefficient (Wildman–Crippen LogP) is 4.39. The van der Waals surface area contributed by atoms with Crippen molar-refractivity contribution in [3.8, 4) is 0 Å². The molecule has 0 saturated carbocycles. The summed E-state index contributed by atoms with van der Waals surface area (Å²) >= 11 is 1.62. The smallest absolute Gasteiger partial charge is 0.207 e. The van der Waals surface area contributed by atoms with Crippen LogP contribution in [0.5, 0.6) is 0 Å². The van der Waals surface area contributed by atoms with E-state index in [0.717, 1.165) is 16.1 Å². The van der Waals surface area contributed by atoms with Crippen molar-refractivity contribution in [2.45, 2.75) is 17.7 Å². The van der Waals surface area contributed by atoms with E-state index in [0.29, 0.717) is 5.75 Å². The molecule has 0 aliphatic carbocycles. The van der Waals surface area contributed by atoms with E-state index in [4.69, 9.17) is 0 Å². The molecular weight excluding hydrogens is 269 g/mol. The SMILES string of the molecule is Cc1cc(SCc2ccccc2F)[nH+]c2ccccc12. The zero-order valence-electron chi connectivity index (χ0n) is 11.2. The first-order valence-electron chi connectivity index (χ1n) is 6.52. The molecule has 0 saturated heterocycles. The molecule has 0 amide bonds. The number of benzene rings is 2. The number of fused-ring (bicyclic) bond motifs is 1.